The van der Waals surface area contributed by atoms with E-state index in [9.17, 15) is 14.4 Å². The molecule has 0 saturated carbocycles. The molecule has 0 aliphatic heterocycles. The summed E-state index contributed by atoms with van der Waals surface area (Å²) in [6.07, 6.45) is 0.728. The van der Waals surface area contributed by atoms with E-state index in [0.29, 0.717) is 17.0 Å². The van der Waals surface area contributed by atoms with E-state index < -0.39 is 11.9 Å². The Morgan fingerprint density at radius 2 is 1.55 bits per heavy atom. The molecule has 2 aromatic carbocycles. The van der Waals surface area contributed by atoms with Crippen LogP contribution in [0.5, 0.6) is 5.75 Å². The zero-order chi connectivity index (χ0) is 23.0. The first-order chi connectivity index (χ1) is 14.8. The monoisotopic (exact) mass is 425 g/mol. The summed E-state index contributed by atoms with van der Waals surface area (Å²) in [6, 6.07) is 12.7. The van der Waals surface area contributed by atoms with Crippen LogP contribution in [0.2, 0.25) is 0 Å². The van der Waals surface area contributed by atoms with Gasteiger partial charge in [-0.3, -0.25) is 14.4 Å². The Kier molecular flexibility index (Phi) is 8.61. The zero-order valence-corrected chi connectivity index (χ0v) is 18.7. The first-order valence-corrected chi connectivity index (χ1v) is 10.4. The number of para-hydroxylation sites is 1. The topological polar surface area (TPSA) is 96.5 Å². The molecule has 0 aromatic heterocycles. The first-order valence-electron chi connectivity index (χ1n) is 10.4. The Balaban J connectivity index is 2.21. The number of hydrogen-bond acceptors (Lipinski definition) is 4. The van der Waals surface area contributed by atoms with Crippen LogP contribution >= 0.6 is 0 Å². The van der Waals surface area contributed by atoms with Gasteiger partial charge < -0.3 is 20.7 Å². The van der Waals surface area contributed by atoms with Gasteiger partial charge in [-0.15, -0.1) is 0 Å². The summed E-state index contributed by atoms with van der Waals surface area (Å²) in [5.74, 6) is -0.401. The Morgan fingerprint density at radius 1 is 0.903 bits per heavy atom. The maximum absolute atomic E-state index is 13.0. The van der Waals surface area contributed by atoms with Gasteiger partial charge >= 0.3 is 0 Å². The molecule has 2 atom stereocenters. The SMILES string of the molecule is CC[C@@H](C)[C@@H](NC(=O)c1ccccc1NC(=O)c1ccc(OC)cc1)C(=O)NC(C)C. The molecule has 0 fully saturated rings. The second kappa shape index (κ2) is 11.2. The third-order valence-corrected chi connectivity index (χ3v) is 4.99. The van der Waals surface area contributed by atoms with E-state index in [0.717, 1.165) is 6.42 Å². The molecule has 166 valence electrons. The number of amides is 3. The number of nitrogens with one attached hydrogen (secondary N) is 3. The quantitative estimate of drug-likeness (QED) is 0.572. The molecule has 2 rings (SSSR count). The summed E-state index contributed by atoms with van der Waals surface area (Å²) in [7, 11) is 1.55. The maximum atomic E-state index is 13.0. The highest BCUT2D eigenvalue weighted by molar-refractivity contribution is 6.09. The van der Waals surface area contributed by atoms with Crippen LogP contribution in [0.15, 0.2) is 48.5 Å². The standard InChI is InChI=1S/C24H31N3O4/c1-6-16(4)21(24(30)25-15(2)3)27-23(29)19-9-7-8-10-20(19)26-22(28)17-11-13-18(31-5)14-12-17/h7-16,21H,6H2,1-5H3,(H,25,30)(H,26,28)(H,27,29)/t16-,21-/m1/s1. The summed E-state index contributed by atoms with van der Waals surface area (Å²) in [5, 5.41) is 8.48. The van der Waals surface area contributed by atoms with Crippen LogP contribution in [0.4, 0.5) is 5.69 Å². The van der Waals surface area contributed by atoms with Gasteiger partial charge in [-0.25, -0.2) is 0 Å². The average Bonchev–Trinajstić information content (AvgIpc) is 2.76. The van der Waals surface area contributed by atoms with Gasteiger partial charge in [-0.05, 0) is 56.2 Å². The van der Waals surface area contributed by atoms with Crippen LogP contribution in [-0.4, -0.2) is 36.9 Å². The summed E-state index contributed by atoms with van der Waals surface area (Å²) < 4.78 is 5.11. The molecule has 0 heterocycles. The van der Waals surface area contributed by atoms with Gasteiger partial charge in [0.1, 0.15) is 11.8 Å². The molecule has 0 aliphatic carbocycles. The number of carbonyl (C=O) groups is 3. The third kappa shape index (κ3) is 6.57. The van der Waals surface area contributed by atoms with Gasteiger partial charge in [-0.2, -0.15) is 0 Å². The molecule has 3 amide bonds. The van der Waals surface area contributed by atoms with Crippen LogP contribution in [0.3, 0.4) is 0 Å². The van der Waals surface area contributed by atoms with Crippen molar-refractivity contribution in [1.29, 1.82) is 0 Å². The van der Waals surface area contributed by atoms with Crippen LogP contribution < -0.4 is 20.7 Å². The minimum absolute atomic E-state index is 0.0352. The molecule has 3 N–H and O–H groups in total. The van der Waals surface area contributed by atoms with Crippen molar-refractivity contribution in [3.8, 4) is 5.75 Å². The van der Waals surface area contributed by atoms with Gasteiger partial charge in [0.25, 0.3) is 11.8 Å². The molecule has 31 heavy (non-hydrogen) atoms. The Labute approximate surface area is 183 Å². The molecule has 0 aliphatic rings. The van der Waals surface area contributed by atoms with Crippen LogP contribution in [-0.2, 0) is 4.79 Å². The number of hydrogen-bond donors (Lipinski definition) is 3. The third-order valence-electron chi connectivity index (χ3n) is 4.99. The highest BCUT2D eigenvalue weighted by Gasteiger charge is 2.27. The second-order valence-electron chi connectivity index (χ2n) is 7.73. The normalized spacial score (nSPS) is 12.6. The van der Waals surface area contributed by atoms with Crippen molar-refractivity contribution in [2.75, 3.05) is 12.4 Å². The molecular weight excluding hydrogens is 394 g/mol. The predicted octanol–water partition coefficient (Wildman–Crippen LogP) is 3.62. The van der Waals surface area contributed by atoms with Crippen molar-refractivity contribution in [3.05, 3.63) is 59.7 Å². The van der Waals surface area contributed by atoms with E-state index in [1.54, 1.807) is 55.6 Å². The lowest BCUT2D eigenvalue weighted by Crippen LogP contribution is -2.51. The Hall–Kier alpha value is -3.35. The van der Waals surface area contributed by atoms with E-state index in [4.69, 9.17) is 4.74 Å². The molecule has 2 aromatic rings. The molecule has 0 bridgehead atoms. The van der Waals surface area contributed by atoms with Crippen LogP contribution in [0.1, 0.15) is 54.8 Å². The van der Waals surface area contributed by atoms with Crippen molar-refractivity contribution in [3.63, 3.8) is 0 Å². The minimum atomic E-state index is -0.676. The molecule has 0 radical (unpaired) electrons. The van der Waals surface area contributed by atoms with Gasteiger partial charge in [0.15, 0.2) is 0 Å². The lowest BCUT2D eigenvalue weighted by Gasteiger charge is -2.25. The van der Waals surface area contributed by atoms with Crippen molar-refractivity contribution in [2.24, 2.45) is 5.92 Å². The van der Waals surface area contributed by atoms with Crippen LogP contribution in [0, 0.1) is 5.92 Å². The summed E-state index contributed by atoms with van der Waals surface area (Å²) in [4.78, 5) is 38.3. The fourth-order valence-corrected chi connectivity index (χ4v) is 3.02. The second-order valence-corrected chi connectivity index (χ2v) is 7.73. The lowest BCUT2D eigenvalue weighted by atomic mass is 9.97. The number of ether oxygens (including phenoxy) is 1. The lowest BCUT2D eigenvalue weighted by molar-refractivity contribution is -0.124. The molecule has 0 unspecified atom stereocenters. The molecule has 7 heteroatoms. The Morgan fingerprint density at radius 3 is 2.13 bits per heavy atom. The zero-order valence-electron chi connectivity index (χ0n) is 18.7. The van der Waals surface area contributed by atoms with Crippen molar-refractivity contribution < 1.29 is 19.1 Å². The van der Waals surface area contributed by atoms with E-state index in [2.05, 4.69) is 16.0 Å². The number of benzene rings is 2. The highest BCUT2D eigenvalue weighted by atomic mass is 16.5. The van der Waals surface area contributed by atoms with Gasteiger partial charge in [0, 0.05) is 11.6 Å². The number of anilines is 1. The van der Waals surface area contributed by atoms with E-state index in [1.165, 1.54) is 0 Å². The number of carbonyl (C=O) groups excluding carboxylic acids is 3. The van der Waals surface area contributed by atoms with Gasteiger partial charge in [-0.1, -0.05) is 32.4 Å². The summed E-state index contributed by atoms with van der Waals surface area (Å²) in [5.41, 5.74) is 1.09. The maximum Gasteiger partial charge on any atom is 0.255 e. The first kappa shape index (κ1) is 23.9. The smallest absolute Gasteiger partial charge is 0.255 e. The summed E-state index contributed by atoms with van der Waals surface area (Å²) in [6.45, 7) is 7.63. The van der Waals surface area contributed by atoms with Crippen molar-refractivity contribution >= 4 is 23.4 Å². The molecule has 7 nitrogen and oxygen atoms in total. The highest BCUT2D eigenvalue weighted by Crippen LogP contribution is 2.19. The Bertz CT molecular complexity index is 909. The predicted molar refractivity (Wildman–Crippen MR) is 121 cm³/mol. The van der Waals surface area contributed by atoms with Gasteiger partial charge in [0.2, 0.25) is 5.91 Å². The van der Waals surface area contributed by atoms with Crippen molar-refractivity contribution in [2.45, 2.75) is 46.2 Å². The molecule has 0 saturated heterocycles. The average molecular weight is 426 g/mol. The number of methoxy groups -OCH3 is 1. The fraction of sp³-hybridized carbons (Fsp3) is 0.375. The van der Waals surface area contributed by atoms with E-state index >= 15 is 0 Å². The van der Waals surface area contributed by atoms with E-state index in [1.807, 2.05) is 27.7 Å². The largest absolute Gasteiger partial charge is 0.497 e. The molecule has 0 spiro atoms. The van der Waals surface area contributed by atoms with Crippen LogP contribution in [0.25, 0.3) is 0 Å². The minimum Gasteiger partial charge on any atom is -0.497 e. The summed E-state index contributed by atoms with van der Waals surface area (Å²) >= 11 is 0. The van der Waals surface area contributed by atoms with Crippen molar-refractivity contribution in [1.82, 2.24) is 10.6 Å². The fourth-order valence-electron chi connectivity index (χ4n) is 3.02. The molecular formula is C24H31N3O4. The van der Waals surface area contributed by atoms with E-state index in [-0.39, 0.29) is 29.3 Å². The van der Waals surface area contributed by atoms with Gasteiger partial charge in [0.05, 0.1) is 18.4 Å². The number of rotatable bonds is 9.